The zero-order valence-corrected chi connectivity index (χ0v) is 18.8. The van der Waals surface area contributed by atoms with Crippen LogP contribution in [0.5, 0.6) is 5.75 Å². The number of fused-ring (bicyclic) bond motifs is 1. The summed E-state index contributed by atoms with van der Waals surface area (Å²) in [6.07, 6.45) is 0. The number of rotatable bonds is 6. The van der Waals surface area contributed by atoms with E-state index in [0.29, 0.717) is 27.5 Å². The first-order valence-electron chi connectivity index (χ1n) is 10.2. The Morgan fingerprint density at radius 2 is 1.72 bits per heavy atom. The molecular weight excluding hydrogens is 422 g/mol. The third-order valence-corrected chi connectivity index (χ3v) is 6.16. The Morgan fingerprint density at radius 1 is 1.03 bits per heavy atom. The van der Waals surface area contributed by atoms with E-state index in [1.54, 1.807) is 48.9 Å². The molecule has 0 spiro atoms. The van der Waals surface area contributed by atoms with Gasteiger partial charge in [0.1, 0.15) is 5.75 Å². The lowest BCUT2D eigenvalue weighted by Crippen LogP contribution is -2.26. The molecule has 1 unspecified atom stereocenters. The Labute approximate surface area is 190 Å². The minimum Gasteiger partial charge on any atom is -0.497 e. The molecule has 0 fully saturated rings. The van der Waals surface area contributed by atoms with Crippen LogP contribution in [-0.2, 0) is 4.79 Å². The highest BCUT2D eigenvalue weighted by molar-refractivity contribution is 8.00. The molecule has 1 aromatic heterocycles. The van der Waals surface area contributed by atoms with E-state index in [4.69, 9.17) is 9.72 Å². The van der Waals surface area contributed by atoms with Crippen molar-refractivity contribution >= 4 is 34.3 Å². The molecule has 0 aliphatic carbocycles. The molecule has 3 aromatic carbocycles. The minimum atomic E-state index is -0.486. The summed E-state index contributed by atoms with van der Waals surface area (Å²) >= 11 is 1.25. The van der Waals surface area contributed by atoms with Crippen LogP contribution in [0.3, 0.4) is 0 Å². The lowest BCUT2D eigenvalue weighted by atomic mass is 10.2. The standard InChI is InChI=1S/C25H23N3O3S/c1-16-8-4-7-11-22(16)28-24(30)20-9-5-6-10-21(20)27-25(28)32-17(2)23(29)26-18-12-14-19(31-3)15-13-18/h4-15,17H,1-3H3,(H,26,29). The third-order valence-electron chi connectivity index (χ3n) is 5.11. The van der Waals surface area contributed by atoms with Gasteiger partial charge in [0.25, 0.3) is 5.56 Å². The second-order valence-corrected chi connectivity index (χ2v) is 8.62. The summed E-state index contributed by atoms with van der Waals surface area (Å²) in [7, 11) is 1.59. The van der Waals surface area contributed by atoms with E-state index in [2.05, 4.69) is 5.32 Å². The number of anilines is 1. The maximum atomic E-state index is 13.4. The fraction of sp³-hybridized carbons (Fsp3) is 0.160. The second kappa shape index (κ2) is 9.28. The fourth-order valence-electron chi connectivity index (χ4n) is 3.35. The van der Waals surface area contributed by atoms with Crippen LogP contribution in [0.25, 0.3) is 16.6 Å². The van der Waals surface area contributed by atoms with Crippen LogP contribution in [0.2, 0.25) is 0 Å². The quantitative estimate of drug-likeness (QED) is 0.340. The Balaban J connectivity index is 1.69. The van der Waals surface area contributed by atoms with Gasteiger partial charge >= 0.3 is 0 Å². The van der Waals surface area contributed by atoms with Crippen LogP contribution in [0.15, 0.2) is 82.7 Å². The molecule has 1 heterocycles. The molecule has 0 radical (unpaired) electrons. The molecule has 4 rings (SSSR count). The SMILES string of the molecule is COc1ccc(NC(=O)C(C)Sc2nc3ccccc3c(=O)n2-c2ccccc2C)cc1. The number of benzene rings is 3. The zero-order chi connectivity index (χ0) is 22.7. The van der Waals surface area contributed by atoms with Gasteiger partial charge in [-0.1, -0.05) is 42.1 Å². The summed E-state index contributed by atoms with van der Waals surface area (Å²) < 4.78 is 6.75. The zero-order valence-electron chi connectivity index (χ0n) is 18.0. The minimum absolute atomic E-state index is 0.157. The number of carbonyl (C=O) groups excluding carboxylic acids is 1. The average molecular weight is 446 g/mol. The van der Waals surface area contributed by atoms with Crippen LogP contribution in [0, 0.1) is 6.92 Å². The monoisotopic (exact) mass is 445 g/mol. The van der Waals surface area contributed by atoms with Crippen molar-refractivity contribution in [2.75, 3.05) is 12.4 Å². The normalized spacial score (nSPS) is 11.8. The Bertz CT molecular complexity index is 1330. The van der Waals surface area contributed by atoms with Crippen molar-refractivity contribution in [3.05, 3.63) is 88.7 Å². The highest BCUT2D eigenvalue weighted by atomic mass is 32.2. The molecule has 0 bridgehead atoms. The number of nitrogens with zero attached hydrogens (tertiary/aromatic N) is 2. The van der Waals surface area contributed by atoms with Gasteiger partial charge in [0.05, 0.1) is 29.0 Å². The topological polar surface area (TPSA) is 73.2 Å². The fourth-order valence-corrected chi connectivity index (χ4v) is 4.27. The van der Waals surface area contributed by atoms with Crippen LogP contribution >= 0.6 is 11.8 Å². The van der Waals surface area contributed by atoms with E-state index >= 15 is 0 Å². The molecule has 162 valence electrons. The van der Waals surface area contributed by atoms with Gasteiger partial charge < -0.3 is 10.1 Å². The summed E-state index contributed by atoms with van der Waals surface area (Å²) in [6, 6.07) is 22.0. The van der Waals surface area contributed by atoms with Crippen molar-refractivity contribution in [1.82, 2.24) is 9.55 Å². The highest BCUT2D eigenvalue weighted by Crippen LogP contribution is 2.27. The maximum absolute atomic E-state index is 13.4. The summed E-state index contributed by atoms with van der Waals surface area (Å²) in [5, 5.41) is 3.43. The molecule has 0 aliphatic heterocycles. The molecule has 0 aliphatic rings. The number of aryl methyl sites for hydroxylation is 1. The van der Waals surface area contributed by atoms with Gasteiger partial charge in [0.2, 0.25) is 5.91 Å². The van der Waals surface area contributed by atoms with Gasteiger partial charge in [0.15, 0.2) is 5.16 Å². The van der Waals surface area contributed by atoms with Crippen LogP contribution in [0.1, 0.15) is 12.5 Å². The Kier molecular flexibility index (Phi) is 6.28. The number of hydrogen-bond acceptors (Lipinski definition) is 5. The molecule has 1 N–H and O–H groups in total. The van der Waals surface area contributed by atoms with Gasteiger partial charge in [-0.15, -0.1) is 0 Å². The first-order valence-corrected chi connectivity index (χ1v) is 11.1. The molecule has 0 saturated carbocycles. The van der Waals surface area contributed by atoms with Crippen molar-refractivity contribution in [1.29, 1.82) is 0 Å². The lowest BCUT2D eigenvalue weighted by Gasteiger charge is -2.17. The van der Waals surface area contributed by atoms with Crippen LogP contribution < -0.4 is 15.6 Å². The van der Waals surface area contributed by atoms with Gasteiger partial charge in [0, 0.05) is 5.69 Å². The van der Waals surface area contributed by atoms with E-state index in [-0.39, 0.29) is 11.5 Å². The summed E-state index contributed by atoms with van der Waals surface area (Å²) in [6.45, 7) is 3.75. The summed E-state index contributed by atoms with van der Waals surface area (Å²) in [5.41, 5.74) is 2.82. The summed E-state index contributed by atoms with van der Waals surface area (Å²) in [5.74, 6) is 0.534. The molecule has 0 saturated heterocycles. The predicted molar refractivity (Wildman–Crippen MR) is 129 cm³/mol. The maximum Gasteiger partial charge on any atom is 0.266 e. The number of hydrogen-bond donors (Lipinski definition) is 1. The van der Waals surface area contributed by atoms with Crippen molar-refractivity contribution in [3.8, 4) is 11.4 Å². The van der Waals surface area contributed by atoms with E-state index in [1.165, 1.54) is 11.8 Å². The van der Waals surface area contributed by atoms with E-state index in [9.17, 15) is 9.59 Å². The number of methoxy groups -OCH3 is 1. The first-order chi connectivity index (χ1) is 15.5. The molecule has 32 heavy (non-hydrogen) atoms. The first kappa shape index (κ1) is 21.6. The van der Waals surface area contributed by atoms with Gasteiger partial charge in [-0.2, -0.15) is 0 Å². The Hall–Kier alpha value is -3.58. The number of aromatic nitrogens is 2. The molecule has 6 nitrogen and oxygen atoms in total. The number of carbonyl (C=O) groups is 1. The largest absolute Gasteiger partial charge is 0.497 e. The van der Waals surface area contributed by atoms with E-state index in [1.807, 2.05) is 49.4 Å². The van der Waals surface area contributed by atoms with E-state index < -0.39 is 5.25 Å². The second-order valence-electron chi connectivity index (χ2n) is 7.32. The van der Waals surface area contributed by atoms with Crippen molar-refractivity contribution < 1.29 is 9.53 Å². The predicted octanol–water partition coefficient (Wildman–Crippen LogP) is 4.82. The number of nitrogens with one attached hydrogen (secondary N) is 1. The molecule has 7 heteroatoms. The van der Waals surface area contributed by atoms with Crippen LogP contribution in [0.4, 0.5) is 5.69 Å². The highest BCUT2D eigenvalue weighted by Gasteiger charge is 2.21. The van der Waals surface area contributed by atoms with Gasteiger partial charge in [-0.3, -0.25) is 14.2 Å². The van der Waals surface area contributed by atoms with Crippen molar-refractivity contribution in [2.24, 2.45) is 0 Å². The van der Waals surface area contributed by atoms with Gasteiger partial charge in [-0.25, -0.2) is 4.98 Å². The number of amides is 1. The third kappa shape index (κ3) is 4.38. The molecule has 1 amide bonds. The molecule has 1 atom stereocenters. The Morgan fingerprint density at radius 3 is 2.44 bits per heavy atom. The smallest absolute Gasteiger partial charge is 0.266 e. The number of ether oxygens (including phenoxy) is 1. The molecule has 4 aromatic rings. The lowest BCUT2D eigenvalue weighted by molar-refractivity contribution is -0.115. The van der Waals surface area contributed by atoms with Crippen molar-refractivity contribution in [2.45, 2.75) is 24.3 Å². The van der Waals surface area contributed by atoms with E-state index in [0.717, 1.165) is 11.3 Å². The number of para-hydroxylation sites is 2. The van der Waals surface area contributed by atoms with Crippen LogP contribution in [-0.4, -0.2) is 27.8 Å². The molecular formula is C25H23N3O3S. The average Bonchev–Trinajstić information content (AvgIpc) is 2.80. The summed E-state index contributed by atoms with van der Waals surface area (Å²) in [4.78, 5) is 31.0. The van der Waals surface area contributed by atoms with Crippen molar-refractivity contribution in [3.63, 3.8) is 0 Å². The number of thioether (sulfide) groups is 1. The van der Waals surface area contributed by atoms with Gasteiger partial charge in [-0.05, 0) is 61.9 Å².